The van der Waals surface area contributed by atoms with E-state index in [1.54, 1.807) is 24.3 Å². The molecule has 8 nitrogen and oxygen atoms in total. The lowest BCUT2D eigenvalue weighted by Crippen LogP contribution is -2.42. The van der Waals surface area contributed by atoms with Crippen LogP contribution in [0.25, 0.3) is 0 Å². The second-order valence-corrected chi connectivity index (χ2v) is 8.52. The highest BCUT2D eigenvalue weighted by atomic mass is 32.2. The number of nitrogens with one attached hydrogen (secondary N) is 2. The summed E-state index contributed by atoms with van der Waals surface area (Å²) in [4.78, 5) is 34.9. The van der Waals surface area contributed by atoms with Crippen LogP contribution in [0.3, 0.4) is 0 Å². The summed E-state index contributed by atoms with van der Waals surface area (Å²) in [7, 11) is -3.09. The van der Waals surface area contributed by atoms with Gasteiger partial charge in [0.15, 0.2) is 15.9 Å². The molecule has 1 heterocycles. The number of carbonyl (C=O) groups is 3. The van der Waals surface area contributed by atoms with Crippen molar-refractivity contribution in [3.63, 3.8) is 0 Å². The molecule has 0 unspecified atom stereocenters. The van der Waals surface area contributed by atoms with E-state index in [0.29, 0.717) is 17.7 Å². The molecule has 0 saturated carbocycles. The third-order valence-electron chi connectivity index (χ3n) is 3.88. The molecular weight excluding hydrogens is 360 g/mol. The number of esters is 1. The van der Waals surface area contributed by atoms with Gasteiger partial charge in [-0.25, -0.2) is 8.42 Å². The van der Waals surface area contributed by atoms with Crippen molar-refractivity contribution >= 4 is 33.3 Å². The summed E-state index contributed by atoms with van der Waals surface area (Å²) >= 11 is 0. The highest BCUT2D eigenvalue weighted by Gasteiger charge is 2.30. The molecule has 2 rings (SSSR count). The van der Waals surface area contributed by atoms with E-state index < -0.39 is 33.9 Å². The Morgan fingerprint density at radius 3 is 2.42 bits per heavy atom. The maximum absolute atomic E-state index is 12.0. The van der Waals surface area contributed by atoms with Crippen LogP contribution in [-0.2, 0) is 35.4 Å². The zero-order valence-electron chi connectivity index (χ0n) is 14.7. The Balaban J connectivity index is 1.81. The zero-order chi connectivity index (χ0) is 19.3. The van der Waals surface area contributed by atoms with E-state index in [2.05, 4.69) is 10.6 Å². The van der Waals surface area contributed by atoms with Gasteiger partial charge in [-0.05, 0) is 31.0 Å². The van der Waals surface area contributed by atoms with Gasteiger partial charge >= 0.3 is 5.97 Å². The van der Waals surface area contributed by atoms with Crippen LogP contribution in [-0.4, -0.2) is 49.9 Å². The largest absolute Gasteiger partial charge is 0.452 e. The third-order valence-corrected chi connectivity index (χ3v) is 5.65. The van der Waals surface area contributed by atoms with Crippen molar-refractivity contribution in [2.75, 3.05) is 16.8 Å². The summed E-state index contributed by atoms with van der Waals surface area (Å²) in [5, 5.41) is 5.22. The van der Waals surface area contributed by atoms with Gasteiger partial charge in [0.25, 0.3) is 5.91 Å². The number of benzene rings is 1. The van der Waals surface area contributed by atoms with Crippen molar-refractivity contribution in [2.24, 2.45) is 0 Å². The van der Waals surface area contributed by atoms with Gasteiger partial charge in [0, 0.05) is 18.7 Å². The molecular formula is C17H22N2O6S. The third kappa shape index (κ3) is 6.14. The maximum atomic E-state index is 12.0. The number of hydrogen-bond donors (Lipinski definition) is 2. The summed E-state index contributed by atoms with van der Waals surface area (Å²) in [6.45, 7) is 2.84. The Kier molecular flexibility index (Phi) is 6.36. The van der Waals surface area contributed by atoms with Crippen molar-refractivity contribution < 1.29 is 27.5 Å². The van der Waals surface area contributed by atoms with Gasteiger partial charge in [-0.3, -0.25) is 14.4 Å². The van der Waals surface area contributed by atoms with Crippen molar-refractivity contribution in [3.05, 3.63) is 29.8 Å². The molecule has 1 saturated heterocycles. The van der Waals surface area contributed by atoms with E-state index in [-0.39, 0.29) is 23.8 Å². The number of sulfone groups is 1. The molecule has 1 aromatic carbocycles. The molecule has 1 aromatic rings. The molecule has 1 aliphatic rings. The smallest absolute Gasteiger partial charge is 0.311 e. The fourth-order valence-corrected chi connectivity index (χ4v) is 4.27. The fourth-order valence-electron chi connectivity index (χ4n) is 2.60. The summed E-state index contributed by atoms with van der Waals surface area (Å²) in [5.41, 5.74) is 1.30. The minimum absolute atomic E-state index is 0.0181. The van der Waals surface area contributed by atoms with Crippen LogP contribution in [0, 0.1) is 0 Å². The molecule has 2 atom stereocenters. The van der Waals surface area contributed by atoms with Gasteiger partial charge in [-0.1, -0.05) is 12.1 Å². The van der Waals surface area contributed by atoms with E-state index in [1.165, 1.54) is 13.8 Å². The van der Waals surface area contributed by atoms with Crippen molar-refractivity contribution in [3.8, 4) is 0 Å². The van der Waals surface area contributed by atoms with Crippen LogP contribution in [0.2, 0.25) is 0 Å². The molecule has 0 radical (unpaired) electrons. The average molecular weight is 382 g/mol. The highest BCUT2D eigenvalue weighted by molar-refractivity contribution is 7.91. The first kappa shape index (κ1) is 19.9. The van der Waals surface area contributed by atoms with Gasteiger partial charge in [0.2, 0.25) is 5.91 Å². The Morgan fingerprint density at radius 1 is 1.23 bits per heavy atom. The van der Waals surface area contributed by atoms with Crippen LogP contribution in [0.4, 0.5) is 5.69 Å². The van der Waals surface area contributed by atoms with Crippen molar-refractivity contribution in [1.82, 2.24) is 5.32 Å². The Labute approximate surface area is 152 Å². The SMILES string of the molecule is CC(=O)Nc1ccc(CC(=O)O[C@@H](C)C(=O)N[C@@H]2CCS(=O)(=O)C2)cc1. The van der Waals surface area contributed by atoms with E-state index >= 15 is 0 Å². The van der Waals surface area contributed by atoms with E-state index in [9.17, 15) is 22.8 Å². The van der Waals surface area contributed by atoms with Gasteiger partial charge < -0.3 is 15.4 Å². The molecule has 2 amide bonds. The standard InChI is InChI=1S/C17H22N2O6S/c1-11(17(22)19-15-7-8-26(23,24)10-15)25-16(21)9-13-3-5-14(6-4-13)18-12(2)20/h3-6,11,15H,7-10H2,1-2H3,(H,18,20)(H,19,22)/t11-,15+/m0/s1. The Hall–Kier alpha value is -2.42. The van der Waals surface area contributed by atoms with Crippen LogP contribution >= 0.6 is 0 Å². The lowest BCUT2D eigenvalue weighted by Gasteiger charge is -2.16. The van der Waals surface area contributed by atoms with Crippen LogP contribution in [0.15, 0.2) is 24.3 Å². The van der Waals surface area contributed by atoms with E-state index in [0.717, 1.165) is 0 Å². The van der Waals surface area contributed by atoms with E-state index in [1.807, 2.05) is 0 Å². The van der Waals surface area contributed by atoms with E-state index in [4.69, 9.17) is 4.74 Å². The number of anilines is 1. The zero-order valence-corrected chi connectivity index (χ0v) is 15.5. The number of ether oxygens (including phenoxy) is 1. The lowest BCUT2D eigenvalue weighted by molar-refractivity contribution is -0.154. The summed E-state index contributed by atoms with van der Waals surface area (Å²) < 4.78 is 27.9. The number of carbonyl (C=O) groups excluding carboxylic acids is 3. The van der Waals surface area contributed by atoms with Crippen molar-refractivity contribution in [1.29, 1.82) is 0 Å². The van der Waals surface area contributed by atoms with Crippen molar-refractivity contribution in [2.45, 2.75) is 38.8 Å². The normalized spacial score (nSPS) is 19.4. The first-order valence-electron chi connectivity index (χ1n) is 8.21. The fraction of sp³-hybridized carbons (Fsp3) is 0.471. The molecule has 0 aromatic heterocycles. The summed E-state index contributed by atoms with van der Waals surface area (Å²) in [6, 6.07) is 6.26. The van der Waals surface area contributed by atoms with Gasteiger partial charge in [0.05, 0.1) is 17.9 Å². The number of rotatable bonds is 6. The molecule has 1 aliphatic heterocycles. The minimum atomic E-state index is -3.09. The second kappa shape index (κ2) is 8.31. The number of hydrogen-bond acceptors (Lipinski definition) is 6. The molecule has 2 N–H and O–H groups in total. The predicted molar refractivity (Wildman–Crippen MR) is 95.2 cm³/mol. The van der Waals surface area contributed by atoms with Gasteiger partial charge in [-0.2, -0.15) is 0 Å². The van der Waals surface area contributed by atoms with Crippen LogP contribution in [0.5, 0.6) is 0 Å². The monoisotopic (exact) mass is 382 g/mol. The first-order chi connectivity index (χ1) is 12.1. The summed E-state index contributed by atoms with van der Waals surface area (Å²) in [5.74, 6) is -1.30. The summed E-state index contributed by atoms with van der Waals surface area (Å²) in [6.07, 6.45) is -0.657. The molecule has 0 spiro atoms. The molecule has 26 heavy (non-hydrogen) atoms. The van der Waals surface area contributed by atoms with Crippen LogP contribution < -0.4 is 10.6 Å². The van der Waals surface area contributed by atoms with Gasteiger partial charge in [0.1, 0.15) is 0 Å². The molecule has 9 heteroatoms. The number of amides is 2. The quantitative estimate of drug-likeness (QED) is 0.689. The van der Waals surface area contributed by atoms with Gasteiger partial charge in [-0.15, -0.1) is 0 Å². The Bertz CT molecular complexity index is 788. The van der Waals surface area contributed by atoms with Crippen LogP contribution in [0.1, 0.15) is 25.8 Å². The topological polar surface area (TPSA) is 119 Å². The molecule has 0 aliphatic carbocycles. The maximum Gasteiger partial charge on any atom is 0.311 e. The predicted octanol–water partition coefficient (Wildman–Crippen LogP) is 0.423. The molecule has 0 bridgehead atoms. The molecule has 142 valence electrons. The average Bonchev–Trinajstić information content (AvgIpc) is 2.87. The lowest BCUT2D eigenvalue weighted by atomic mass is 10.1. The highest BCUT2D eigenvalue weighted by Crippen LogP contribution is 2.13. The first-order valence-corrected chi connectivity index (χ1v) is 10.0. The minimum Gasteiger partial charge on any atom is -0.452 e. The second-order valence-electron chi connectivity index (χ2n) is 6.30. The molecule has 1 fully saturated rings. The Morgan fingerprint density at radius 2 is 1.88 bits per heavy atom.